The number of nitriles is 1. The molecule has 0 saturated carbocycles. The molecule has 2 heteroatoms. The molecule has 0 amide bonds. The van der Waals surface area contributed by atoms with E-state index in [2.05, 4.69) is 19.2 Å². The minimum absolute atomic E-state index is 0.699. The third kappa shape index (κ3) is 4.35. The zero-order chi connectivity index (χ0) is 7.11. The van der Waals surface area contributed by atoms with Crippen molar-refractivity contribution in [3.05, 3.63) is 0 Å². The van der Waals surface area contributed by atoms with Crippen LogP contribution in [0.4, 0.5) is 0 Å². The summed E-state index contributed by atoms with van der Waals surface area (Å²) >= 11 is 1.86. The summed E-state index contributed by atoms with van der Waals surface area (Å²) in [5.74, 6) is 0. The van der Waals surface area contributed by atoms with Crippen molar-refractivity contribution in [1.29, 1.82) is 5.26 Å². The van der Waals surface area contributed by atoms with E-state index in [0.29, 0.717) is 11.7 Å². The zero-order valence-electron chi connectivity index (χ0n) is 6.05. The van der Waals surface area contributed by atoms with Gasteiger partial charge in [-0.25, -0.2) is 0 Å². The molecule has 0 saturated heterocycles. The van der Waals surface area contributed by atoms with Crippen LogP contribution in [-0.2, 0) is 0 Å². The van der Waals surface area contributed by atoms with Crippen LogP contribution in [-0.4, -0.2) is 11.5 Å². The third-order valence-electron chi connectivity index (χ3n) is 1.37. The summed E-state index contributed by atoms with van der Waals surface area (Å²) in [4.78, 5) is 0. The molecule has 9 heavy (non-hydrogen) atoms. The van der Waals surface area contributed by atoms with E-state index in [-0.39, 0.29) is 0 Å². The van der Waals surface area contributed by atoms with Crippen molar-refractivity contribution in [2.45, 2.75) is 31.4 Å². The van der Waals surface area contributed by atoms with Crippen LogP contribution in [0.3, 0.4) is 0 Å². The Balaban J connectivity index is 3.22. The van der Waals surface area contributed by atoms with Crippen molar-refractivity contribution in [2.75, 3.05) is 6.26 Å². The highest BCUT2D eigenvalue weighted by Gasteiger charge is 2.01. The Hall–Kier alpha value is -0.160. The second-order valence-corrected chi connectivity index (χ2v) is 3.10. The van der Waals surface area contributed by atoms with Gasteiger partial charge in [-0.2, -0.15) is 17.0 Å². The molecule has 0 bridgehead atoms. The molecular formula is C7H13NS. The van der Waals surface area contributed by atoms with Crippen LogP contribution in [0.5, 0.6) is 0 Å². The predicted molar refractivity (Wildman–Crippen MR) is 42.4 cm³/mol. The molecule has 0 aliphatic carbocycles. The highest BCUT2D eigenvalue weighted by Crippen LogP contribution is 2.15. The smallest absolute Gasteiger partial charge is 0.0622 e. The number of nitrogens with zero attached hydrogens (tertiary/aromatic N) is 1. The molecule has 0 aromatic rings. The first kappa shape index (κ1) is 8.84. The summed E-state index contributed by atoms with van der Waals surface area (Å²) in [5, 5.41) is 8.95. The largest absolute Gasteiger partial charge is 0.198 e. The van der Waals surface area contributed by atoms with Crippen LogP contribution < -0.4 is 0 Å². The standard InChI is InChI=1S/C7H13NS/c1-3-7(9-2)5-4-6-8/h7H,3-5H2,1-2H3. The Morgan fingerprint density at radius 1 is 1.67 bits per heavy atom. The van der Waals surface area contributed by atoms with Crippen molar-refractivity contribution < 1.29 is 0 Å². The molecule has 1 unspecified atom stereocenters. The lowest BCUT2D eigenvalue weighted by molar-refractivity contribution is 0.755. The van der Waals surface area contributed by atoms with Crippen LogP contribution in [0, 0.1) is 11.3 Å². The van der Waals surface area contributed by atoms with Gasteiger partial charge >= 0.3 is 0 Å². The van der Waals surface area contributed by atoms with Gasteiger partial charge in [0.2, 0.25) is 0 Å². The van der Waals surface area contributed by atoms with E-state index in [4.69, 9.17) is 5.26 Å². The van der Waals surface area contributed by atoms with E-state index in [1.54, 1.807) is 0 Å². The van der Waals surface area contributed by atoms with Gasteiger partial charge in [0.1, 0.15) is 0 Å². The highest BCUT2D eigenvalue weighted by atomic mass is 32.2. The van der Waals surface area contributed by atoms with Crippen molar-refractivity contribution in [1.82, 2.24) is 0 Å². The highest BCUT2D eigenvalue weighted by molar-refractivity contribution is 7.99. The van der Waals surface area contributed by atoms with Gasteiger partial charge < -0.3 is 0 Å². The molecule has 52 valence electrons. The lowest BCUT2D eigenvalue weighted by atomic mass is 10.2. The van der Waals surface area contributed by atoms with Gasteiger partial charge in [-0.05, 0) is 19.1 Å². The predicted octanol–water partition coefficient (Wildman–Crippen LogP) is 2.43. The van der Waals surface area contributed by atoms with E-state index in [9.17, 15) is 0 Å². The van der Waals surface area contributed by atoms with Gasteiger partial charge in [-0.3, -0.25) is 0 Å². The number of hydrogen-bond acceptors (Lipinski definition) is 2. The van der Waals surface area contributed by atoms with E-state index in [1.165, 1.54) is 6.42 Å². The fraction of sp³-hybridized carbons (Fsp3) is 0.857. The quantitative estimate of drug-likeness (QED) is 0.603. The third-order valence-corrected chi connectivity index (χ3v) is 2.60. The summed E-state index contributed by atoms with van der Waals surface area (Å²) in [7, 11) is 0. The molecule has 0 heterocycles. The van der Waals surface area contributed by atoms with Crippen LogP contribution in [0.15, 0.2) is 0 Å². The summed E-state index contributed by atoms with van der Waals surface area (Å²) in [5.41, 5.74) is 0. The Labute approximate surface area is 61.4 Å². The van der Waals surface area contributed by atoms with Crippen LogP contribution in [0.1, 0.15) is 26.2 Å². The maximum atomic E-state index is 8.25. The van der Waals surface area contributed by atoms with Gasteiger partial charge in [0.05, 0.1) is 6.07 Å². The van der Waals surface area contributed by atoms with E-state index in [1.807, 2.05) is 11.8 Å². The van der Waals surface area contributed by atoms with Crippen molar-refractivity contribution in [3.8, 4) is 6.07 Å². The second kappa shape index (κ2) is 5.97. The average molecular weight is 143 g/mol. The minimum atomic E-state index is 0.699. The first-order chi connectivity index (χ1) is 4.35. The average Bonchev–Trinajstić information content (AvgIpc) is 1.91. The van der Waals surface area contributed by atoms with Gasteiger partial charge in [0.25, 0.3) is 0 Å². The van der Waals surface area contributed by atoms with E-state index >= 15 is 0 Å². The molecule has 0 spiro atoms. The van der Waals surface area contributed by atoms with E-state index < -0.39 is 0 Å². The molecule has 0 aromatic heterocycles. The molecular weight excluding hydrogens is 130 g/mol. The van der Waals surface area contributed by atoms with E-state index in [0.717, 1.165) is 6.42 Å². The monoisotopic (exact) mass is 143 g/mol. The van der Waals surface area contributed by atoms with Crippen molar-refractivity contribution in [2.24, 2.45) is 0 Å². The Bertz CT molecular complexity index is 91.6. The second-order valence-electron chi connectivity index (χ2n) is 1.96. The summed E-state index contributed by atoms with van der Waals surface area (Å²) < 4.78 is 0. The van der Waals surface area contributed by atoms with Crippen LogP contribution in [0.25, 0.3) is 0 Å². The molecule has 0 rings (SSSR count). The molecule has 0 aliphatic rings. The van der Waals surface area contributed by atoms with Gasteiger partial charge in [-0.1, -0.05) is 6.92 Å². The SMILES string of the molecule is CCC(CCC#N)SC. The van der Waals surface area contributed by atoms with Crippen LogP contribution >= 0.6 is 11.8 Å². The first-order valence-corrected chi connectivity index (χ1v) is 4.53. The molecule has 0 aromatic carbocycles. The summed E-state index contributed by atoms with van der Waals surface area (Å²) in [6.45, 7) is 2.17. The molecule has 1 atom stereocenters. The fourth-order valence-corrected chi connectivity index (χ4v) is 1.40. The Morgan fingerprint density at radius 2 is 2.33 bits per heavy atom. The Morgan fingerprint density at radius 3 is 2.67 bits per heavy atom. The molecule has 0 aliphatic heterocycles. The lowest BCUT2D eigenvalue weighted by Gasteiger charge is -2.07. The maximum Gasteiger partial charge on any atom is 0.0622 e. The van der Waals surface area contributed by atoms with Crippen LogP contribution in [0.2, 0.25) is 0 Å². The minimum Gasteiger partial charge on any atom is -0.198 e. The first-order valence-electron chi connectivity index (χ1n) is 3.24. The van der Waals surface area contributed by atoms with Crippen molar-refractivity contribution >= 4 is 11.8 Å². The van der Waals surface area contributed by atoms with Gasteiger partial charge in [0, 0.05) is 11.7 Å². The molecule has 1 nitrogen and oxygen atoms in total. The number of thioether (sulfide) groups is 1. The molecule has 0 radical (unpaired) electrons. The fourth-order valence-electron chi connectivity index (χ4n) is 0.714. The van der Waals surface area contributed by atoms with Crippen molar-refractivity contribution in [3.63, 3.8) is 0 Å². The lowest BCUT2D eigenvalue weighted by Crippen LogP contribution is -1.97. The topological polar surface area (TPSA) is 23.8 Å². The number of hydrogen-bond donors (Lipinski definition) is 0. The number of rotatable bonds is 4. The molecule has 0 N–H and O–H groups in total. The van der Waals surface area contributed by atoms with Gasteiger partial charge in [0.15, 0.2) is 0 Å². The maximum absolute atomic E-state index is 8.25. The summed E-state index contributed by atoms with van der Waals surface area (Å²) in [6.07, 6.45) is 5.04. The summed E-state index contributed by atoms with van der Waals surface area (Å²) in [6, 6.07) is 2.15. The normalized spacial score (nSPS) is 12.6. The zero-order valence-corrected chi connectivity index (χ0v) is 6.87. The molecule has 0 fully saturated rings. The Kier molecular flexibility index (Phi) is 5.86. The van der Waals surface area contributed by atoms with Gasteiger partial charge in [-0.15, -0.1) is 0 Å².